The Hall–Kier alpha value is -2.77. The Morgan fingerprint density at radius 2 is 2.26 bits per heavy atom. The van der Waals surface area contributed by atoms with Gasteiger partial charge in [0.2, 0.25) is 5.88 Å². The van der Waals surface area contributed by atoms with Gasteiger partial charge in [-0.05, 0) is 35.4 Å². The lowest BCUT2D eigenvalue weighted by Crippen LogP contribution is -2.38. The predicted octanol–water partition coefficient (Wildman–Crippen LogP) is 4.35. The fourth-order valence-corrected chi connectivity index (χ4v) is 3.45. The van der Waals surface area contributed by atoms with Gasteiger partial charge in [0.15, 0.2) is 0 Å². The molecule has 1 saturated heterocycles. The second-order valence-corrected chi connectivity index (χ2v) is 7.25. The minimum Gasteiger partial charge on any atom is -0.475 e. The zero-order valence-electron chi connectivity index (χ0n) is 15.0. The number of aromatic nitrogens is 2. The van der Waals surface area contributed by atoms with Crippen molar-refractivity contribution in [2.45, 2.75) is 38.3 Å². The van der Waals surface area contributed by atoms with Crippen molar-refractivity contribution in [1.82, 2.24) is 14.9 Å². The second kappa shape index (κ2) is 7.46. The Balaban J connectivity index is 1.96. The molecule has 1 atom stereocenters. The Bertz CT molecular complexity index is 928. The number of pyridine rings is 2. The summed E-state index contributed by atoms with van der Waals surface area (Å²) < 4.78 is 5.85. The van der Waals surface area contributed by atoms with E-state index in [1.54, 1.807) is 32.3 Å². The molecule has 0 aromatic carbocycles. The lowest BCUT2D eigenvalue weighted by Gasteiger charge is -2.23. The molecule has 3 heterocycles. The third-order valence-corrected chi connectivity index (χ3v) is 4.90. The summed E-state index contributed by atoms with van der Waals surface area (Å²) >= 11 is 6.06. The molecule has 1 aliphatic rings. The largest absolute Gasteiger partial charge is 0.475 e. The van der Waals surface area contributed by atoms with Crippen LogP contribution in [0, 0.1) is 0 Å². The summed E-state index contributed by atoms with van der Waals surface area (Å²) in [5.74, 6) is 0.340. The van der Waals surface area contributed by atoms with Gasteiger partial charge in [0, 0.05) is 23.9 Å². The van der Waals surface area contributed by atoms with Gasteiger partial charge < -0.3 is 14.7 Å². The summed E-state index contributed by atoms with van der Waals surface area (Å²) in [6.07, 6.45) is 3.76. The number of hydrogen-bond donors (Lipinski definition) is 1. The second-order valence-electron chi connectivity index (χ2n) is 6.86. The normalized spacial score (nSPS) is 17.0. The van der Waals surface area contributed by atoms with E-state index in [0.29, 0.717) is 28.5 Å². The highest BCUT2D eigenvalue weighted by atomic mass is 35.5. The zero-order chi connectivity index (χ0) is 19.6. The van der Waals surface area contributed by atoms with Gasteiger partial charge in [-0.1, -0.05) is 30.6 Å². The fraction of sp³-hybridized carbons (Fsp3) is 0.471. The number of azide groups is 1. The van der Waals surface area contributed by atoms with E-state index in [9.17, 15) is 9.90 Å². The van der Waals surface area contributed by atoms with Crippen LogP contribution in [-0.2, 0) is 5.54 Å². The average molecular weight is 391 g/mol. The van der Waals surface area contributed by atoms with Gasteiger partial charge in [0.1, 0.15) is 11.8 Å². The minimum atomic E-state index is -0.946. The van der Waals surface area contributed by atoms with Crippen LogP contribution in [0.4, 0.5) is 4.79 Å². The zero-order valence-corrected chi connectivity index (χ0v) is 15.7. The Morgan fingerprint density at radius 1 is 1.48 bits per heavy atom. The van der Waals surface area contributed by atoms with Crippen LogP contribution in [0.3, 0.4) is 0 Å². The van der Waals surface area contributed by atoms with Crippen molar-refractivity contribution in [3.05, 3.63) is 39.6 Å². The summed E-state index contributed by atoms with van der Waals surface area (Å²) in [6, 6.07) is 1.47. The molecule has 1 amide bonds. The van der Waals surface area contributed by atoms with Gasteiger partial charge in [-0.2, -0.15) is 0 Å². The number of ether oxygens (including phenoxy) is 1. The van der Waals surface area contributed by atoms with Crippen molar-refractivity contribution in [2.75, 3.05) is 13.2 Å². The molecule has 2 aromatic heterocycles. The van der Waals surface area contributed by atoms with Crippen LogP contribution in [0.1, 0.15) is 32.3 Å². The number of fused-ring (bicyclic) bond motifs is 1. The van der Waals surface area contributed by atoms with Crippen LogP contribution in [-0.4, -0.2) is 45.3 Å². The molecule has 1 N–H and O–H groups in total. The maximum absolute atomic E-state index is 11.3. The van der Waals surface area contributed by atoms with Crippen molar-refractivity contribution in [3.8, 4) is 5.88 Å². The van der Waals surface area contributed by atoms with Crippen LogP contribution in [0.5, 0.6) is 5.88 Å². The van der Waals surface area contributed by atoms with E-state index < -0.39 is 11.6 Å². The van der Waals surface area contributed by atoms with Crippen molar-refractivity contribution in [2.24, 2.45) is 5.11 Å². The summed E-state index contributed by atoms with van der Waals surface area (Å²) in [5, 5.41) is 14.7. The van der Waals surface area contributed by atoms with Crippen molar-refractivity contribution in [1.29, 1.82) is 0 Å². The molecule has 142 valence electrons. The Morgan fingerprint density at radius 3 is 2.96 bits per heavy atom. The maximum Gasteiger partial charge on any atom is 0.407 e. The molecule has 1 aliphatic heterocycles. The molecule has 2 aromatic rings. The van der Waals surface area contributed by atoms with Crippen molar-refractivity contribution >= 4 is 28.5 Å². The summed E-state index contributed by atoms with van der Waals surface area (Å²) in [4.78, 5) is 24.0. The highest BCUT2D eigenvalue weighted by molar-refractivity contribution is 6.30. The molecule has 3 rings (SSSR count). The first-order chi connectivity index (χ1) is 12.8. The van der Waals surface area contributed by atoms with Crippen molar-refractivity contribution in [3.63, 3.8) is 0 Å². The van der Waals surface area contributed by atoms with Gasteiger partial charge in [-0.25, -0.2) is 14.8 Å². The van der Waals surface area contributed by atoms with E-state index >= 15 is 0 Å². The molecule has 27 heavy (non-hydrogen) atoms. The van der Waals surface area contributed by atoms with Gasteiger partial charge in [0.05, 0.1) is 17.0 Å². The van der Waals surface area contributed by atoms with E-state index in [0.717, 1.165) is 18.2 Å². The third kappa shape index (κ3) is 3.84. The smallest absolute Gasteiger partial charge is 0.407 e. The number of carboxylic acid groups (broad SMARTS) is 1. The molecular formula is C17H19ClN6O3. The highest BCUT2D eigenvalue weighted by Crippen LogP contribution is 2.35. The first kappa shape index (κ1) is 19.0. The van der Waals surface area contributed by atoms with Gasteiger partial charge in [-0.15, -0.1) is 0 Å². The molecule has 0 unspecified atom stereocenters. The first-order valence-electron chi connectivity index (χ1n) is 8.47. The molecular weight excluding hydrogens is 372 g/mol. The molecule has 0 saturated carbocycles. The van der Waals surface area contributed by atoms with E-state index in [1.165, 1.54) is 4.90 Å². The summed E-state index contributed by atoms with van der Waals surface area (Å²) in [5.41, 5.74) is 8.70. The van der Waals surface area contributed by atoms with Crippen LogP contribution in [0.2, 0.25) is 5.15 Å². The summed E-state index contributed by atoms with van der Waals surface area (Å²) in [7, 11) is 0. The highest BCUT2D eigenvalue weighted by Gasteiger charge is 2.29. The fourth-order valence-electron chi connectivity index (χ4n) is 3.29. The number of hydrogen-bond acceptors (Lipinski definition) is 5. The number of carbonyl (C=O) groups is 1. The molecule has 0 spiro atoms. The SMILES string of the molecule is CC(C)(N=[N+]=[N-])c1cnc(OC[C@H]2CCCN2C(=O)O)c2cnc(Cl)cc12. The van der Waals surface area contributed by atoms with Crippen molar-refractivity contribution < 1.29 is 14.6 Å². The maximum atomic E-state index is 11.3. The van der Waals surface area contributed by atoms with Crippen LogP contribution >= 0.6 is 11.6 Å². The van der Waals surface area contributed by atoms with E-state index in [1.807, 2.05) is 0 Å². The Labute approximate surface area is 160 Å². The topological polar surface area (TPSA) is 124 Å². The monoisotopic (exact) mass is 390 g/mol. The number of halogens is 1. The number of likely N-dealkylation sites (tertiary alicyclic amines) is 1. The molecule has 10 heteroatoms. The van der Waals surface area contributed by atoms with Gasteiger partial charge >= 0.3 is 6.09 Å². The standard InChI is InChI=1S/C17H19ClN6O3/c1-17(2,22-23-19)13-8-21-15(12-7-20-14(18)6-11(12)13)27-9-10-4-3-5-24(10)16(25)26/h6-8,10H,3-5,9H2,1-2H3,(H,25,26)/t10-/m1/s1. The first-order valence-corrected chi connectivity index (χ1v) is 8.84. The number of nitrogens with zero attached hydrogens (tertiary/aromatic N) is 6. The molecule has 0 radical (unpaired) electrons. The molecule has 0 bridgehead atoms. The quantitative estimate of drug-likeness (QED) is 0.351. The number of rotatable bonds is 5. The van der Waals surface area contributed by atoms with Crippen LogP contribution in [0.15, 0.2) is 23.6 Å². The Kier molecular flexibility index (Phi) is 5.25. The number of amides is 1. The summed E-state index contributed by atoms with van der Waals surface area (Å²) in [6.45, 7) is 4.27. The van der Waals surface area contributed by atoms with Crippen LogP contribution < -0.4 is 4.74 Å². The predicted molar refractivity (Wildman–Crippen MR) is 100.0 cm³/mol. The van der Waals surface area contributed by atoms with Crippen LogP contribution in [0.25, 0.3) is 21.2 Å². The van der Waals surface area contributed by atoms with Gasteiger partial charge in [-0.3, -0.25) is 0 Å². The lowest BCUT2D eigenvalue weighted by atomic mass is 9.93. The lowest BCUT2D eigenvalue weighted by molar-refractivity contribution is 0.122. The third-order valence-electron chi connectivity index (χ3n) is 4.69. The minimum absolute atomic E-state index is 0.204. The molecule has 1 fully saturated rings. The van der Waals surface area contributed by atoms with E-state index in [4.69, 9.17) is 21.9 Å². The average Bonchev–Trinajstić information content (AvgIpc) is 3.08. The van der Waals surface area contributed by atoms with E-state index in [2.05, 4.69) is 20.0 Å². The molecule has 9 nitrogen and oxygen atoms in total. The van der Waals surface area contributed by atoms with E-state index in [-0.39, 0.29) is 12.6 Å². The van der Waals surface area contributed by atoms with Gasteiger partial charge in [0.25, 0.3) is 0 Å². The molecule has 0 aliphatic carbocycles.